The molecule has 0 unspecified atom stereocenters. The Morgan fingerprint density at radius 1 is 1.14 bits per heavy atom. The lowest BCUT2D eigenvalue weighted by Crippen LogP contribution is -2.22. The summed E-state index contributed by atoms with van der Waals surface area (Å²) >= 11 is 3.37. The largest absolute Gasteiger partial charge is 0.465 e. The molecule has 0 aliphatic heterocycles. The zero-order valence-corrected chi connectivity index (χ0v) is 13.5. The number of nitrogens with one attached hydrogen (secondary N) is 2. The highest BCUT2D eigenvalue weighted by molar-refractivity contribution is 9.10. The summed E-state index contributed by atoms with van der Waals surface area (Å²) in [4.78, 5) is 23.4. The lowest BCUT2D eigenvalue weighted by atomic mass is 10.2. The van der Waals surface area contributed by atoms with Crippen LogP contribution in [0.3, 0.4) is 0 Å². The third kappa shape index (κ3) is 4.33. The first-order chi connectivity index (χ1) is 10.6. The maximum atomic E-state index is 11.9. The van der Waals surface area contributed by atoms with Gasteiger partial charge in [0.15, 0.2) is 0 Å². The Bertz CT molecular complexity index is 689. The summed E-state index contributed by atoms with van der Waals surface area (Å²) in [6.45, 7) is 0.0892. The average Bonchev–Trinajstić information content (AvgIpc) is 2.54. The molecule has 0 aliphatic rings. The second-order valence-electron chi connectivity index (χ2n) is 4.45. The van der Waals surface area contributed by atoms with Gasteiger partial charge < -0.3 is 15.4 Å². The van der Waals surface area contributed by atoms with Crippen molar-refractivity contribution in [1.29, 1.82) is 0 Å². The van der Waals surface area contributed by atoms with Crippen LogP contribution in [0.5, 0.6) is 0 Å². The summed E-state index contributed by atoms with van der Waals surface area (Å²) in [6.07, 6.45) is 0. The Hall–Kier alpha value is -2.34. The maximum Gasteiger partial charge on any atom is 0.337 e. The molecule has 1 amide bonds. The fourth-order valence-electron chi connectivity index (χ4n) is 1.81. The van der Waals surface area contributed by atoms with Crippen LogP contribution in [0, 0.1) is 0 Å². The molecule has 2 aromatic carbocycles. The van der Waals surface area contributed by atoms with Crippen molar-refractivity contribution in [1.82, 2.24) is 0 Å². The van der Waals surface area contributed by atoms with Crippen LogP contribution in [0.1, 0.15) is 10.4 Å². The van der Waals surface area contributed by atoms with E-state index >= 15 is 0 Å². The van der Waals surface area contributed by atoms with Crippen molar-refractivity contribution < 1.29 is 14.3 Å². The van der Waals surface area contributed by atoms with Gasteiger partial charge >= 0.3 is 5.97 Å². The van der Waals surface area contributed by atoms with Gasteiger partial charge in [0.2, 0.25) is 5.91 Å². The minimum Gasteiger partial charge on any atom is -0.465 e. The van der Waals surface area contributed by atoms with Crippen molar-refractivity contribution in [3.63, 3.8) is 0 Å². The fourth-order valence-corrected chi connectivity index (χ4v) is 2.20. The molecular weight excluding hydrogens is 348 g/mol. The maximum absolute atomic E-state index is 11.9. The van der Waals surface area contributed by atoms with Crippen molar-refractivity contribution in [2.24, 2.45) is 0 Å². The van der Waals surface area contributed by atoms with Crippen molar-refractivity contribution >= 4 is 39.2 Å². The van der Waals surface area contributed by atoms with E-state index in [1.165, 1.54) is 7.11 Å². The van der Waals surface area contributed by atoms with Crippen LogP contribution in [-0.2, 0) is 9.53 Å². The minimum absolute atomic E-state index is 0.0892. The normalized spacial score (nSPS) is 9.91. The van der Waals surface area contributed by atoms with E-state index in [0.29, 0.717) is 16.9 Å². The highest BCUT2D eigenvalue weighted by atomic mass is 79.9. The van der Waals surface area contributed by atoms with Gasteiger partial charge in [-0.15, -0.1) is 0 Å². The lowest BCUT2D eigenvalue weighted by Gasteiger charge is -2.09. The lowest BCUT2D eigenvalue weighted by molar-refractivity contribution is -0.114. The molecule has 0 aromatic heterocycles. The van der Waals surface area contributed by atoms with Gasteiger partial charge in [-0.3, -0.25) is 4.79 Å². The average molecular weight is 363 g/mol. The number of hydrogen-bond donors (Lipinski definition) is 2. The molecule has 0 radical (unpaired) electrons. The number of halogens is 1. The van der Waals surface area contributed by atoms with Gasteiger partial charge in [-0.05, 0) is 46.3 Å². The number of carbonyl (C=O) groups excluding carboxylic acids is 2. The van der Waals surface area contributed by atoms with Crippen LogP contribution in [0.2, 0.25) is 0 Å². The predicted octanol–water partition coefficient (Wildman–Crippen LogP) is 3.29. The first-order valence-corrected chi connectivity index (χ1v) is 7.36. The second kappa shape index (κ2) is 7.61. The van der Waals surface area contributed by atoms with E-state index in [1.807, 2.05) is 18.2 Å². The monoisotopic (exact) mass is 362 g/mol. The van der Waals surface area contributed by atoms with Crippen molar-refractivity contribution in [2.45, 2.75) is 0 Å². The van der Waals surface area contributed by atoms with Gasteiger partial charge in [0.25, 0.3) is 0 Å². The summed E-state index contributed by atoms with van der Waals surface area (Å²) in [5, 5.41) is 5.76. The molecule has 6 heteroatoms. The molecule has 22 heavy (non-hydrogen) atoms. The molecule has 0 atom stereocenters. The fraction of sp³-hybridized carbons (Fsp3) is 0.125. The molecule has 0 saturated heterocycles. The zero-order valence-electron chi connectivity index (χ0n) is 11.9. The number of para-hydroxylation sites is 1. The quantitative estimate of drug-likeness (QED) is 0.800. The highest BCUT2D eigenvalue weighted by Gasteiger charge is 2.07. The van der Waals surface area contributed by atoms with Gasteiger partial charge in [-0.2, -0.15) is 0 Å². The van der Waals surface area contributed by atoms with E-state index in [9.17, 15) is 9.59 Å². The van der Waals surface area contributed by atoms with E-state index < -0.39 is 5.97 Å². The number of carbonyl (C=O) groups is 2. The molecule has 0 saturated carbocycles. The Morgan fingerprint density at radius 2 is 1.91 bits per heavy atom. The van der Waals surface area contributed by atoms with Crippen LogP contribution < -0.4 is 10.6 Å². The molecule has 114 valence electrons. The molecule has 2 aromatic rings. The molecule has 2 rings (SSSR count). The van der Waals surface area contributed by atoms with E-state index in [2.05, 4.69) is 31.3 Å². The topological polar surface area (TPSA) is 67.4 Å². The van der Waals surface area contributed by atoms with Crippen molar-refractivity contribution in [2.75, 3.05) is 24.3 Å². The molecule has 0 aliphatic carbocycles. The summed E-state index contributed by atoms with van der Waals surface area (Å²) in [5.41, 5.74) is 1.81. The SMILES string of the molecule is COC(=O)c1cccc(NCC(=O)Nc2ccccc2Br)c1. The Balaban J connectivity index is 1.94. The van der Waals surface area contributed by atoms with Gasteiger partial charge in [0, 0.05) is 10.2 Å². The van der Waals surface area contributed by atoms with Gasteiger partial charge in [-0.1, -0.05) is 18.2 Å². The van der Waals surface area contributed by atoms with Gasteiger partial charge in [-0.25, -0.2) is 4.79 Å². The zero-order chi connectivity index (χ0) is 15.9. The number of esters is 1. The molecule has 2 N–H and O–H groups in total. The summed E-state index contributed by atoms with van der Waals surface area (Å²) in [6, 6.07) is 14.2. The predicted molar refractivity (Wildman–Crippen MR) is 89.0 cm³/mol. The molecule has 5 nitrogen and oxygen atoms in total. The molecule has 0 spiro atoms. The summed E-state index contributed by atoms with van der Waals surface area (Å²) < 4.78 is 5.47. The third-order valence-electron chi connectivity index (χ3n) is 2.88. The number of methoxy groups -OCH3 is 1. The minimum atomic E-state index is -0.415. The van der Waals surface area contributed by atoms with E-state index in [0.717, 1.165) is 4.47 Å². The Kier molecular flexibility index (Phi) is 5.55. The number of anilines is 2. The first-order valence-electron chi connectivity index (χ1n) is 6.57. The van der Waals surface area contributed by atoms with E-state index in [4.69, 9.17) is 0 Å². The summed E-state index contributed by atoms with van der Waals surface area (Å²) in [5.74, 6) is -0.600. The van der Waals surface area contributed by atoms with Crippen molar-refractivity contribution in [3.05, 3.63) is 58.6 Å². The molecule has 0 bridgehead atoms. The number of hydrogen-bond acceptors (Lipinski definition) is 4. The van der Waals surface area contributed by atoms with Crippen LogP contribution in [0.15, 0.2) is 53.0 Å². The Morgan fingerprint density at radius 3 is 2.64 bits per heavy atom. The summed E-state index contributed by atoms with van der Waals surface area (Å²) in [7, 11) is 1.33. The number of rotatable bonds is 5. The molecular formula is C16H15BrN2O3. The number of ether oxygens (including phenoxy) is 1. The first kappa shape index (κ1) is 16.0. The number of benzene rings is 2. The van der Waals surface area contributed by atoms with Gasteiger partial charge in [0.1, 0.15) is 0 Å². The van der Waals surface area contributed by atoms with E-state index in [1.54, 1.807) is 30.3 Å². The molecule has 0 heterocycles. The highest BCUT2D eigenvalue weighted by Crippen LogP contribution is 2.21. The Labute approximate surface area is 136 Å². The van der Waals surface area contributed by atoms with Crippen LogP contribution >= 0.6 is 15.9 Å². The second-order valence-corrected chi connectivity index (χ2v) is 5.31. The standard InChI is InChI=1S/C16H15BrN2O3/c1-22-16(21)11-5-4-6-12(9-11)18-10-15(20)19-14-8-3-2-7-13(14)17/h2-9,18H,10H2,1H3,(H,19,20). The third-order valence-corrected chi connectivity index (χ3v) is 3.58. The van der Waals surface area contributed by atoms with Crippen LogP contribution in [0.25, 0.3) is 0 Å². The van der Waals surface area contributed by atoms with Gasteiger partial charge in [0.05, 0.1) is 24.9 Å². The smallest absolute Gasteiger partial charge is 0.337 e. The van der Waals surface area contributed by atoms with Crippen molar-refractivity contribution in [3.8, 4) is 0 Å². The molecule has 0 fully saturated rings. The van der Waals surface area contributed by atoms with E-state index in [-0.39, 0.29) is 12.5 Å². The number of amides is 1. The van der Waals surface area contributed by atoms with Crippen LogP contribution in [-0.4, -0.2) is 25.5 Å². The van der Waals surface area contributed by atoms with Crippen LogP contribution in [0.4, 0.5) is 11.4 Å².